The predicted octanol–water partition coefficient (Wildman–Crippen LogP) is 2.68. The third-order valence-electron chi connectivity index (χ3n) is 3.90. The number of hydrogen-bond acceptors (Lipinski definition) is 4. The number of nitrogens with zero attached hydrogens (tertiary/aromatic N) is 1. The van der Waals surface area contributed by atoms with E-state index in [0.717, 1.165) is 23.7 Å². The molecule has 1 amide bonds. The van der Waals surface area contributed by atoms with Gasteiger partial charge in [0.2, 0.25) is 0 Å². The second-order valence-electron chi connectivity index (χ2n) is 5.61. The lowest BCUT2D eigenvalue weighted by Crippen LogP contribution is -2.45. The molecular formula is C16H15ClN2O4S. The lowest BCUT2D eigenvalue weighted by molar-refractivity contribution is 0.0946. The van der Waals surface area contributed by atoms with Gasteiger partial charge in [0.25, 0.3) is 16.0 Å². The number of para-hydroxylation sites is 1. The van der Waals surface area contributed by atoms with E-state index in [2.05, 4.69) is 5.43 Å². The van der Waals surface area contributed by atoms with E-state index in [1.165, 1.54) is 12.1 Å². The fourth-order valence-corrected chi connectivity index (χ4v) is 3.75. The lowest BCUT2D eigenvalue weighted by Gasteiger charge is -2.25. The van der Waals surface area contributed by atoms with Crippen molar-refractivity contribution in [3.8, 4) is 0 Å². The van der Waals surface area contributed by atoms with Gasteiger partial charge >= 0.3 is 0 Å². The average Bonchev–Trinajstić information content (AvgIpc) is 2.82. The minimum Gasteiger partial charge on any atom is -0.282 e. The molecule has 0 aromatic heterocycles. The van der Waals surface area contributed by atoms with Crippen LogP contribution in [0.2, 0.25) is 5.02 Å². The largest absolute Gasteiger partial charge is 0.296 e. The highest BCUT2D eigenvalue weighted by Crippen LogP contribution is 2.30. The summed E-state index contributed by atoms with van der Waals surface area (Å²) in [7, 11) is -4.50. The summed E-state index contributed by atoms with van der Waals surface area (Å²) in [5, 5.41) is 1.60. The first-order chi connectivity index (χ1) is 11.3. The summed E-state index contributed by atoms with van der Waals surface area (Å²) < 4.78 is 31.8. The minimum absolute atomic E-state index is 0.0692. The Bertz CT molecular complexity index is 914. The summed E-state index contributed by atoms with van der Waals surface area (Å²) in [6, 6.07) is 11.5. The van der Waals surface area contributed by atoms with Gasteiger partial charge in [-0.25, -0.2) is 0 Å². The van der Waals surface area contributed by atoms with Crippen molar-refractivity contribution in [1.29, 1.82) is 0 Å². The molecule has 8 heteroatoms. The zero-order valence-electron chi connectivity index (χ0n) is 12.7. The first-order valence-corrected chi connectivity index (χ1v) is 9.04. The number of amides is 1. The minimum atomic E-state index is -4.50. The van der Waals surface area contributed by atoms with Crippen molar-refractivity contribution in [2.24, 2.45) is 0 Å². The molecule has 1 aliphatic heterocycles. The summed E-state index contributed by atoms with van der Waals surface area (Å²) in [5.41, 5.74) is 4.89. The molecule has 0 saturated heterocycles. The number of anilines is 1. The summed E-state index contributed by atoms with van der Waals surface area (Å²) in [6.45, 7) is 1.98. The van der Waals surface area contributed by atoms with Crippen LogP contribution in [0.4, 0.5) is 5.69 Å². The smallest absolute Gasteiger partial charge is 0.282 e. The van der Waals surface area contributed by atoms with Gasteiger partial charge in [-0.3, -0.25) is 19.8 Å². The Balaban J connectivity index is 1.89. The van der Waals surface area contributed by atoms with Crippen LogP contribution in [0.5, 0.6) is 0 Å². The Morgan fingerprint density at radius 2 is 2.00 bits per heavy atom. The third kappa shape index (κ3) is 3.10. The molecule has 0 fully saturated rings. The van der Waals surface area contributed by atoms with Crippen LogP contribution in [-0.4, -0.2) is 24.9 Å². The third-order valence-corrected chi connectivity index (χ3v) is 5.24. The fraction of sp³-hybridized carbons (Fsp3) is 0.188. The molecule has 126 valence electrons. The molecule has 24 heavy (non-hydrogen) atoms. The molecule has 2 aromatic carbocycles. The molecule has 0 spiro atoms. The van der Waals surface area contributed by atoms with Crippen molar-refractivity contribution in [3.05, 3.63) is 58.6 Å². The van der Waals surface area contributed by atoms with Crippen LogP contribution >= 0.6 is 11.6 Å². The quantitative estimate of drug-likeness (QED) is 0.815. The van der Waals surface area contributed by atoms with Crippen LogP contribution in [-0.2, 0) is 16.5 Å². The number of fused-ring (bicyclic) bond motifs is 1. The highest BCUT2D eigenvalue weighted by molar-refractivity contribution is 7.86. The van der Waals surface area contributed by atoms with Crippen LogP contribution in [0.25, 0.3) is 0 Å². The van der Waals surface area contributed by atoms with Gasteiger partial charge < -0.3 is 0 Å². The molecule has 0 bridgehead atoms. The topological polar surface area (TPSA) is 86.7 Å². The number of nitrogens with one attached hydrogen (secondary N) is 1. The molecule has 3 rings (SSSR count). The van der Waals surface area contributed by atoms with Crippen molar-refractivity contribution in [2.45, 2.75) is 24.3 Å². The van der Waals surface area contributed by atoms with Gasteiger partial charge in [-0.05, 0) is 43.2 Å². The first kappa shape index (κ1) is 16.8. The summed E-state index contributed by atoms with van der Waals surface area (Å²) in [5.74, 6) is -0.486. The van der Waals surface area contributed by atoms with Crippen molar-refractivity contribution < 1.29 is 17.8 Å². The van der Waals surface area contributed by atoms with Gasteiger partial charge in [-0.2, -0.15) is 8.42 Å². The van der Waals surface area contributed by atoms with Crippen molar-refractivity contribution in [3.63, 3.8) is 0 Å². The first-order valence-electron chi connectivity index (χ1n) is 7.22. The SMILES string of the molecule is CC1Cc2ccccc2N1NC(=O)c1ccc(Cl)c(S(=O)(=O)O)c1. The summed E-state index contributed by atoms with van der Waals surface area (Å²) >= 11 is 5.76. The monoisotopic (exact) mass is 366 g/mol. The average molecular weight is 367 g/mol. The van der Waals surface area contributed by atoms with Crippen LogP contribution in [0.3, 0.4) is 0 Å². The molecular weight excluding hydrogens is 352 g/mol. The second-order valence-corrected chi connectivity index (χ2v) is 7.41. The Morgan fingerprint density at radius 1 is 1.29 bits per heavy atom. The normalized spacial score (nSPS) is 16.8. The number of halogens is 1. The summed E-state index contributed by atoms with van der Waals surface area (Å²) in [6.07, 6.45) is 0.799. The summed E-state index contributed by atoms with van der Waals surface area (Å²) in [4.78, 5) is 12.0. The van der Waals surface area contributed by atoms with Crippen LogP contribution in [0, 0.1) is 0 Å². The molecule has 0 saturated carbocycles. The zero-order valence-corrected chi connectivity index (χ0v) is 14.3. The van der Waals surface area contributed by atoms with E-state index in [-0.39, 0.29) is 16.6 Å². The number of hydrazine groups is 1. The van der Waals surface area contributed by atoms with E-state index >= 15 is 0 Å². The molecule has 2 aromatic rings. The standard InChI is InChI=1S/C16H15ClN2O4S/c1-10-8-11-4-2-3-5-14(11)19(10)18-16(20)12-6-7-13(17)15(9-12)24(21,22)23/h2-7,9-10H,8H2,1H3,(H,18,20)(H,21,22,23). The Morgan fingerprint density at radius 3 is 2.71 bits per heavy atom. The highest BCUT2D eigenvalue weighted by atomic mass is 35.5. The van der Waals surface area contributed by atoms with Gasteiger partial charge in [-0.1, -0.05) is 29.8 Å². The second kappa shape index (κ2) is 6.08. The Labute approximate surface area is 144 Å². The van der Waals surface area contributed by atoms with Gasteiger partial charge in [0.05, 0.1) is 16.8 Å². The van der Waals surface area contributed by atoms with E-state index in [4.69, 9.17) is 11.6 Å². The molecule has 1 aliphatic rings. The van der Waals surface area contributed by atoms with Crippen LogP contribution in [0.1, 0.15) is 22.8 Å². The Hall–Kier alpha value is -2.09. The maximum Gasteiger partial charge on any atom is 0.296 e. The van der Waals surface area contributed by atoms with E-state index < -0.39 is 20.9 Å². The molecule has 1 atom stereocenters. The maximum absolute atomic E-state index is 12.5. The van der Waals surface area contributed by atoms with Gasteiger partial charge in [0.1, 0.15) is 4.90 Å². The van der Waals surface area contributed by atoms with Crippen molar-refractivity contribution in [2.75, 3.05) is 5.01 Å². The van der Waals surface area contributed by atoms with E-state index in [1.54, 1.807) is 5.01 Å². The zero-order chi connectivity index (χ0) is 17.5. The molecule has 0 radical (unpaired) electrons. The molecule has 6 nitrogen and oxygen atoms in total. The highest BCUT2D eigenvalue weighted by Gasteiger charge is 2.27. The molecule has 1 unspecified atom stereocenters. The fourth-order valence-electron chi connectivity index (χ4n) is 2.75. The van der Waals surface area contributed by atoms with E-state index in [1.807, 2.05) is 31.2 Å². The maximum atomic E-state index is 12.5. The van der Waals surface area contributed by atoms with E-state index in [0.29, 0.717) is 0 Å². The molecule has 0 aliphatic carbocycles. The van der Waals surface area contributed by atoms with Crippen LogP contribution < -0.4 is 10.4 Å². The Kier molecular flexibility index (Phi) is 4.25. The van der Waals surface area contributed by atoms with E-state index in [9.17, 15) is 17.8 Å². The van der Waals surface area contributed by atoms with Crippen molar-refractivity contribution in [1.82, 2.24) is 5.43 Å². The van der Waals surface area contributed by atoms with Gasteiger partial charge in [0, 0.05) is 5.56 Å². The van der Waals surface area contributed by atoms with Gasteiger partial charge in [0.15, 0.2) is 0 Å². The van der Waals surface area contributed by atoms with Crippen molar-refractivity contribution >= 4 is 33.3 Å². The number of hydrogen-bond donors (Lipinski definition) is 2. The number of carbonyl (C=O) groups is 1. The lowest BCUT2D eigenvalue weighted by atomic mass is 10.1. The number of benzene rings is 2. The predicted molar refractivity (Wildman–Crippen MR) is 90.8 cm³/mol. The van der Waals surface area contributed by atoms with Gasteiger partial charge in [-0.15, -0.1) is 0 Å². The van der Waals surface area contributed by atoms with Crippen LogP contribution in [0.15, 0.2) is 47.4 Å². The molecule has 1 heterocycles. The molecule has 2 N–H and O–H groups in total. The number of rotatable bonds is 3. The number of carbonyl (C=O) groups excluding carboxylic acids is 1.